The quantitative estimate of drug-likeness (QED) is 0.856. The van der Waals surface area contributed by atoms with E-state index in [1.807, 2.05) is 0 Å². The highest BCUT2D eigenvalue weighted by molar-refractivity contribution is 5.93. The van der Waals surface area contributed by atoms with Crippen LogP contribution in [-0.4, -0.2) is 49.9 Å². The van der Waals surface area contributed by atoms with Gasteiger partial charge in [-0.05, 0) is 26.2 Å². The Bertz CT molecular complexity index is 702. The van der Waals surface area contributed by atoms with Crippen molar-refractivity contribution in [2.24, 2.45) is 7.05 Å². The maximum Gasteiger partial charge on any atom is 0.254 e. The van der Waals surface area contributed by atoms with E-state index in [1.54, 1.807) is 24.1 Å². The molecule has 1 fully saturated rings. The molecule has 1 N–H and O–H groups in total. The maximum atomic E-state index is 12.2. The van der Waals surface area contributed by atoms with Crippen molar-refractivity contribution in [2.45, 2.75) is 51.6 Å². The van der Waals surface area contributed by atoms with Gasteiger partial charge in [0.15, 0.2) is 5.82 Å². The lowest BCUT2D eigenvalue weighted by Crippen LogP contribution is -2.45. The molecule has 136 valence electrons. The van der Waals surface area contributed by atoms with E-state index in [2.05, 4.69) is 39.3 Å². The Balaban J connectivity index is 1.50. The minimum absolute atomic E-state index is 0.0549. The Morgan fingerprint density at radius 1 is 1.44 bits per heavy atom. The summed E-state index contributed by atoms with van der Waals surface area (Å²) < 4.78 is 7.04. The first kappa shape index (κ1) is 17.6. The largest absolute Gasteiger partial charge is 0.349 e. The number of hydrogen-bond donors (Lipinski definition) is 1. The first-order chi connectivity index (χ1) is 12.1. The van der Waals surface area contributed by atoms with E-state index >= 15 is 0 Å². The molecule has 3 rings (SSSR count). The van der Waals surface area contributed by atoms with E-state index in [0.717, 1.165) is 44.6 Å². The van der Waals surface area contributed by atoms with E-state index in [0.29, 0.717) is 11.5 Å². The van der Waals surface area contributed by atoms with Crippen molar-refractivity contribution in [3.63, 3.8) is 0 Å². The Hall–Kier alpha value is -2.22. The Labute approximate surface area is 147 Å². The van der Waals surface area contributed by atoms with Gasteiger partial charge in [-0.25, -0.2) is 0 Å². The molecule has 8 nitrogen and oxygen atoms in total. The van der Waals surface area contributed by atoms with Crippen LogP contribution in [0.3, 0.4) is 0 Å². The molecule has 0 unspecified atom stereocenters. The van der Waals surface area contributed by atoms with Gasteiger partial charge in [0.05, 0.1) is 17.8 Å². The van der Waals surface area contributed by atoms with Gasteiger partial charge in [-0.15, -0.1) is 0 Å². The van der Waals surface area contributed by atoms with E-state index in [4.69, 9.17) is 4.52 Å². The van der Waals surface area contributed by atoms with Gasteiger partial charge in [-0.2, -0.15) is 10.1 Å². The lowest BCUT2D eigenvalue weighted by atomic mass is 10.0. The topological polar surface area (TPSA) is 89.1 Å². The third-order valence-corrected chi connectivity index (χ3v) is 4.69. The number of nitrogens with zero attached hydrogens (tertiary/aromatic N) is 5. The number of rotatable bonds is 6. The summed E-state index contributed by atoms with van der Waals surface area (Å²) in [5.74, 6) is 1.41. The van der Waals surface area contributed by atoms with Gasteiger partial charge >= 0.3 is 0 Å². The number of amides is 1. The summed E-state index contributed by atoms with van der Waals surface area (Å²) >= 11 is 0. The number of carbonyl (C=O) groups is 1. The van der Waals surface area contributed by atoms with Gasteiger partial charge in [0.2, 0.25) is 5.89 Å². The van der Waals surface area contributed by atoms with Crippen molar-refractivity contribution in [3.8, 4) is 0 Å². The van der Waals surface area contributed by atoms with Crippen LogP contribution < -0.4 is 5.32 Å². The maximum absolute atomic E-state index is 12.2. The number of hydrogen-bond acceptors (Lipinski definition) is 6. The Kier molecular flexibility index (Phi) is 5.47. The second kappa shape index (κ2) is 7.77. The normalized spacial score (nSPS) is 17.6. The molecule has 0 bridgehead atoms. The third-order valence-electron chi connectivity index (χ3n) is 4.69. The highest BCUT2D eigenvalue weighted by Crippen LogP contribution is 2.23. The molecule has 0 spiro atoms. The molecule has 0 aliphatic carbocycles. The van der Waals surface area contributed by atoms with E-state index in [9.17, 15) is 4.79 Å². The molecule has 1 aliphatic rings. The summed E-state index contributed by atoms with van der Waals surface area (Å²) in [5, 5.41) is 11.2. The monoisotopic (exact) mass is 346 g/mol. The zero-order valence-electron chi connectivity index (χ0n) is 15.1. The van der Waals surface area contributed by atoms with Gasteiger partial charge in [-0.1, -0.05) is 12.1 Å². The highest BCUT2D eigenvalue weighted by atomic mass is 16.5. The molecule has 0 aromatic carbocycles. The summed E-state index contributed by atoms with van der Waals surface area (Å²) in [5.41, 5.74) is 0.604. The number of nitrogens with one attached hydrogen (secondary N) is 1. The standard InChI is InChI=1S/C17H26N6O2/c1-4-5-15-20-17(25-21-15)12(2)23-8-6-14(7-9-23)19-16(24)13-10-18-22(3)11-13/h10-12,14H,4-9H2,1-3H3,(H,19,24)/t12-/m0/s1. The van der Waals surface area contributed by atoms with E-state index in [-0.39, 0.29) is 18.0 Å². The molecule has 1 saturated heterocycles. The van der Waals surface area contributed by atoms with Crippen LogP contribution in [0.4, 0.5) is 0 Å². The SMILES string of the molecule is CCCc1noc([C@H](C)N2CCC(NC(=O)c3cnn(C)c3)CC2)n1. The molecule has 2 aromatic heterocycles. The van der Waals surface area contributed by atoms with Crippen molar-refractivity contribution < 1.29 is 9.32 Å². The smallest absolute Gasteiger partial charge is 0.254 e. The van der Waals surface area contributed by atoms with Crippen LogP contribution in [0.5, 0.6) is 0 Å². The summed E-state index contributed by atoms with van der Waals surface area (Å²) in [4.78, 5) is 19.0. The van der Waals surface area contributed by atoms with Gasteiger partial charge in [0, 0.05) is 38.8 Å². The summed E-state index contributed by atoms with van der Waals surface area (Å²) in [6, 6.07) is 0.294. The summed E-state index contributed by atoms with van der Waals surface area (Å²) in [6.45, 7) is 5.98. The number of carbonyl (C=O) groups excluding carboxylic acids is 1. The number of piperidine rings is 1. The van der Waals surface area contributed by atoms with E-state index < -0.39 is 0 Å². The molecular weight excluding hydrogens is 320 g/mol. The molecule has 0 radical (unpaired) electrons. The zero-order chi connectivity index (χ0) is 17.8. The molecule has 1 aliphatic heterocycles. The van der Waals surface area contributed by atoms with Crippen molar-refractivity contribution in [2.75, 3.05) is 13.1 Å². The Morgan fingerprint density at radius 2 is 2.20 bits per heavy atom. The van der Waals surface area contributed by atoms with Gasteiger partial charge < -0.3 is 9.84 Å². The van der Waals surface area contributed by atoms with Crippen LogP contribution in [0.25, 0.3) is 0 Å². The fourth-order valence-corrected chi connectivity index (χ4v) is 3.16. The molecular formula is C17H26N6O2. The lowest BCUT2D eigenvalue weighted by Gasteiger charge is -2.34. The second-order valence-corrected chi connectivity index (χ2v) is 6.66. The fourth-order valence-electron chi connectivity index (χ4n) is 3.16. The minimum atomic E-state index is -0.0549. The highest BCUT2D eigenvalue weighted by Gasteiger charge is 2.27. The predicted octanol–water partition coefficient (Wildman–Crippen LogP) is 1.71. The first-order valence-corrected chi connectivity index (χ1v) is 8.93. The predicted molar refractivity (Wildman–Crippen MR) is 92.0 cm³/mol. The Morgan fingerprint density at radius 3 is 2.84 bits per heavy atom. The van der Waals surface area contributed by atoms with Crippen molar-refractivity contribution in [1.29, 1.82) is 0 Å². The van der Waals surface area contributed by atoms with Crippen LogP contribution in [0.15, 0.2) is 16.9 Å². The molecule has 0 saturated carbocycles. The fraction of sp³-hybridized carbons (Fsp3) is 0.647. The first-order valence-electron chi connectivity index (χ1n) is 8.93. The van der Waals surface area contributed by atoms with Crippen LogP contribution in [0, 0.1) is 0 Å². The molecule has 3 heterocycles. The molecule has 8 heteroatoms. The van der Waals surface area contributed by atoms with Crippen molar-refractivity contribution >= 4 is 5.91 Å². The van der Waals surface area contributed by atoms with Gasteiger partial charge in [0.1, 0.15) is 0 Å². The van der Waals surface area contributed by atoms with Crippen LogP contribution >= 0.6 is 0 Å². The molecule has 1 atom stereocenters. The van der Waals surface area contributed by atoms with Crippen molar-refractivity contribution in [1.82, 2.24) is 30.1 Å². The summed E-state index contributed by atoms with van der Waals surface area (Å²) in [7, 11) is 1.81. The average Bonchev–Trinajstić information content (AvgIpc) is 3.24. The number of likely N-dealkylation sites (tertiary alicyclic amines) is 1. The van der Waals surface area contributed by atoms with Crippen molar-refractivity contribution in [3.05, 3.63) is 29.7 Å². The summed E-state index contributed by atoms with van der Waals surface area (Å²) in [6.07, 6.45) is 7.00. The van der Waals surface area contributed by atoms with Gasteiger partial charge in [0.25, 0.3) is 5.91 Å². The van der Waals surface area contributed by atoms with Gasteiger partial charge in [-0.3, -0.25) is 14.4 Å². The minimum Gasteiger partial charge on any atom is -0.349 e. The second-order valence-electron chi connectivity index (χ2n) is 6.66. The zero-order valence-corrected chi connectivity index (χ0v) is 15.1. The van der Waals surface area contributed by atoms with Crippen LogP contribution in [-0.2, 0) is 13.5 Å². The van der Waals surface area contributed by atoms with Crippen LogP contribution in [0.1, 0.15) is 61.2 Å². The third kappa shape index (κ3) is 4.25. The lowest BCUT2D eigenvalue weighted by molar-refractivity contribution is 0.0881. The average molecular weight is 346 g/mol. The number of aromatic nitrogens is 4. The number of aryl methyl sites for hydroxylation is 2. The van der Waals surface area contributed by atoms with E-state index in [1.165, 1.54) is 0 Å². The molecule has 1 amide bonds. The molecule has 25 heavy (non-hydrogen) atoms. The molecule has 2 aromatic rings. The van der Waals surface area contributed by atoms with Crippen LogP contribution in [0.2, 0.25) is 0 Å².